The van der Waals surface area contributed by atoms with Crippen molar-refractivity contribution in [3.05, 3.63) is 29.8 Å². The van der Waals surface area contributed by atoms with E-state index in [4.69, 9.17) is 0 Å². The highest BCUT2D eigenvalue weighted by molar-refractivity contribution is 7.91. The predicted molar refractivity (Wildman–Crippen MR) is 66.4 cm³/mol. The second-order valence-corrected chi connectivity index (χ2v) is 6.66. The SMILES string of the molecule is Cc1ccccc1NC1(C#N)CCS(=O)(=O)C1. The van der Waals surface area contributed by atoms with Crippen molar-refractivity contribution in [2.75, 3.05) is 16.8 Å². The van der Waals surface area contributed by atoms with Crippen LogP contribution in [0.2, 0.25) is 0 Å². The van der Waals surface area contributed by atoms with Crippen LogP contribution in [0.25, 0.3) is 0 Å². The number of hydrogen-bond donors (Lipinski definition) is 1. The lowest BCUT2D eigenvalue weighted by Gasteiger charge is -2.23. The Kier molecular flexibility index (Phi) is 2.84. The average molecular weight is 250 g/mol. The summed E-state index contributed by atoms with van der Waals surface area (Å²) in [6, 6.07) is 9.68. The fraction of sp³-hybridized carbons (Fsp3) is 0.417. The monoisotopic (exact) mass is 250 g/mol. The summed E-state index contributed by atoms with van der Waals surface area (Å²) in [7, 11) is -3.08. The van der Waals surface area contributed by atoms with Gasteiger partial charge in [0.1, 0.15) is 5.54 Å². The minimum absolute atomic E-state index is 0.0828. The number of aryl methyl sites for hydroxylation is 1. The van der Waals surface area contributed by atoms with Crippen LogP contribution in [0, 0.1) is 18.3 Å². The van der Waals surface area contributed by atoms with Crippen LogP contribution in [0.5, 0.6) is 0 Å². The Bertz CT molecular complexity index is 574. The van der Waals surface area contributed by atoms with E-state index >= 15 is 0 Å². The van der Waals surface area contributed by atoms with Crippen LogP contribution in [-0.4, -0.2) is 25.5 Å². The van der Waals surface area contributed by atoms with Crippen LogP contribution in [0.4, 0.5) is 5.69 Å². The molecule has 4 nitrogen and oxygen atoms in total. The molecule has 1 unspecified atom stereocenters. The van der Waals surface area contributed by atoms with Gasteiger partial charge in [-0.3, -0.25) is 0 Å². The standard InChI is InChI=1S/C12H14N2O2S/c1-10-4-2-3-5-11(10)14-12(8-13)6-7-17(15,16)9-12/h2-5,14H,6-7,9H2,1H3. The van der Waals surface area contributed by atoms with Gasteiger partial charge < -0.3 is 5.32 Å². The highest BCUT2D eigenvalue weighted by Gasteiger charge is 2.42. The smallest absolute Gasteiger partial charge is 0.153 e. The molecule has 5 heteroatoms. The molecule has 0 radical (unpaired) electrons. The first-order valence-corrected chi connectivity index (χ1v) is 7.24. The van der Waals surface area contributed by atoms with E-state index in [0.717, 1.165) is 11.3 Å². The number of anilines is 1. The maximum atomic E-state index is 11.5. The van der Waals surface area contributed by atoms with Gasteiger partial charge in [-0.15, -0.1) is 0 Å². The fourth-order valence-corrected chi connectivity index (χ4v) is 3.87. The van der Waals surface area contributed by atoms with E-state index in [9.17, 15) is 13.7 Å². The Morgan fingerprint density at radius 1 is 1.41 bits per heavy atom. The molecule has 0 saturated carbocycles. The molecule has 1 saturated heterocycles. The van der Waals surface area contributed by atoms with E-state index in [1.807, 2.05) is 31.2 Å². The van der Waals surface area contributed by atoms with E-state index in [-0.39, 0.29) is 11.5 Å². The number of benzene rings is 1. The van der Waals surface area contributed by atoms with Crippen molar-refractivity contribution in [2.45, 2.75) is 18.9 Å². The van der Waals surface area contributed by atoms with Crippen molar-refractivity contribution in [1.29, 1.82) is 5.26 Å². The molecule has 1 heterocycles. The van der Waals surface area contributed by atoms with Gasteiger partial charge in [0.05, 0.1) is 17.6 Å². The van der Waals surface area contributed by atoms with Crippen molar-refractivity contribution in [1.82, 2.24) is 0 Å². The summed E-state index contributed by atoms with van der Waals surface area (Å²) in [5, 5.41) is 12.3. The van der Waals surface area contributed by atoms with E-state index in [2.05, 4.69) is 11.4 Å². The van der Waals surface area contributed by atoms with Gasteiger partial charge in [-0.25, -0.2) is 8.42 Å². The minimum Gasteiger partial charge on any atom is -0.366 e. The summed E-state index contributed by atoms with van der Waals surface area (Å²) >= 11 is 0. The van der Waals surface area contributed by atoms with Crippen molar-refractivity contribution < 1.29 is 8.42 Å². The number of para-hydroxylation sites is 1. The van der Waals surface area contributed by atoms with Gasteiger partial charge in [0.25, 0.3) is 0 Å². The number of hydrogen-bond acceptors (Lipinski definition) is 4. The quantitative estimate of drug-likeness (QED) is 0.863. The molecule has 1 aromatic rings. The molecule has 1 atom stereocenters. The van der Waals surface area contributed by atoms with Gasteiger partial charge in [-0.1, -0.05) is 18.2 Å². The Balaban J connectivity index is 2.29. The molecule has 0 amide bonds. The average Bonchev–Trinajstić information content (AvgIpc) is 2.59. The number of rotatable bonds is 2. The summed E-state index contributed by atoms with van der Waals surface area (Å²) in [5.74, 6) is -0.0235. The first-order valence-electron chi connectivity index (χ1n) is 5.42. The Hall–Kier alpha value is -1.54. The molecule has 1 aromatic carbocycles. The largest absolute Gasteiger partial charge is 0.366 e. The molecule has 1 aliphatic heterocycles. The van der Waals surface area contributed by atoms with Gasteiger partial charge in [-0.2, -0.15) is 5.26 Å². The second-order valence-electron chi connectivity index (χ2n) is 4.48. The van der Waals surface area contributed by atoms with Crippen molar-refractivity contribution in [2.24, 2.45) is 0 Å². The Labute approximate surface area is 101 Å². The lowest BCUT2D eigenvalue weighted by Crippen LogP contribution is -2.38. The molecule has 0 aromatic heterocycles. The summed E-state index contributed by atoms with van der Waals surface area (Å²) < 4.78 is 23.0. The zero-order chi connectivity index (χ0) is 12.5. The van der Waals surface area contributed by atoms with Crippen LogP contribution < -0.4 is 5.32 Å². The lowest BCUT2D eigenvalue weighted by atomic mass is 10.00. The van der Waals surface area contributed by atoms with Gasteiger partial charge >= 0.3 is 0 Å². The summed E-state index contributed by atoms with van der Waals surface area (Å²) in [6.45, 7) is 1.93. The van der Waals surface area contributed by atoms with Crippen LogP contribution >= 0.6 is 0 Å². The molecule has 0 spiro atoms. The van der Waals surface area contributed by atoms with Gasteiger partial charge in [0.15, 0.2) is 9.84 Å². The van der Waals surface area contributed by atoms with Crippen LogP contribution in [0.1, 0.15) is 12.0 Å². The molecule has 17 heavy (non-hydrogen) atoms. The van der Waals surface area contributed by atoms with E-state index in [1.54, 1.807) is 0 Å². The van der Waals surface area contributed by atoms with Crippen LogP contribution in [-0.2, 0) is 9.84 Å². The predicted octanol–water partition coefficient (Wildman–Crippen LogP) is 1.49. The zero-order valence-electron chi connectivity index (χ0n) is 9.60. The topological polar surface area (TPSA) is 70.0 Å². The normalized spacial score (nSPS) is 26.4. The third-order valence-corrected chi connectivity index (χ3v) is 4.80. The third kappa shape index (κ3) is 2.42. The highest BCUT2D eigenvalue weighted by atomic mass is 32.2. The summed E-state index contributed by atoms with van der Waals surface area (Å²) in [4.78, 5) is 0. The van der Waals surface area contributed by atoms with Gasteiger partial charge in [0.2, 0.25) is 0 Å². The number of nitrogens with one attached hydrogen (secondary N) is 1. The zero-order valence-corrected chi connectivity index (χ0v) is 10.4. The molecule has 90 valence electrons. The molecule has 0 aliphatic carbocycles. The van der Waals surface area contributed by atoms with Gasteiger partial charge in [-0.05, 0) is 25.0 Å². The summed E-state index contributed by atoms with van der Waals surface area (Å²) in [5.41, 5.74) is 0.864. The number of nitriles is 1. The third-order valence-electron chi connectivity index (χ3n) is 3.04. The first-order chi connectivity index (χ1) is 7.96. The highest BCUT2D eigenvalue weighted by Crippen LogP contribution is 2.28. The van der Waals surface area contributed by atoms with E-state index in [1.165, 1.54) is 0 Å². The minimum atomic E-state index is -3.08. The van der Waals surface area contributed by atoms with Crippen molar-refractivity contribution in [3.63, 3.8) is 0 Å². The molecule has 1 N–H and O–H groups in total. The maximum absolute atomic E-state index is 11.5. The van der Waals surface area contributed by atoms with Crippen LogP contribution in [0.3, 0.4) is 0 Å². The van der Waals surface area contributed by atoms with Gasteiger partial charge in [0, 0.05) is 5.69 Å². The molecular weight excluding hydrogens is 236 g/mol. The van der Waals surface area contributed by atoms with E-state index < -0.39 is 15.4 Å². The summed E-state index contributed by atoms with van der Waals surface area (Å²) in [6.07, 6.45) is 0.347. The Morgan fingerprint density at radius 3 is 2.65 bits per heavy atom. The van der Waals surface area contributed by atoms with Crippen LogP contribution in [0.15, 0.2) is 24.3 Å². The van der Waals surface area contributed by atoms with Crippen molar-refractivity contribution >= 4 is 15.5 Å². The second kappa shape index (κ2) is 4.04. The first kappa shape index (κ1) is 11.9. The Morgan fingerprint density at radius 2 is 2.12 bits per heavy atom. The maximum Gasteiger partial charge on any atom is 0.153 e. The molecule has 2 rings (SSSR count). The lowest BCUT2D eigenvalue weighted by molar-refractivity contribution is 0.599. The molecule has 1 fully saturated rings. The number of nitrogens with zero attached hydrogens (tertiary/aromatic N) is 1. The molecule has 0 bridgehead atoms. The molecular formula is C12H14N2O2S. The fourth-order valence-electron chi connectivity index (χ4n) is 2.04. The number of sulfone groups is 1. The van der Waals surface area contributed by atoms with E-state index in [0.29, 0.717) is 6.42 Å². The van der Waals surface area contributed by atoms with Crippen molar-refractivity contribution in [3.8, 4) is 6.07 Å². The molecule has 1 aliphatic rings.